The van der Waals surface area contributed by atoms with Crippen LogP contribution in [0.4, 0.5) is 0 Å². The Balaban J connectivity index is 1.58. The first-order chi connectivity index (χ1) is 11.8. The zero-order valence-electron chi connectivity index (χ0n) is 15.8. The maximum Gasteiger partial charge on any atom is 0.302 e. The number of Topliss-reactive ketones (excluding diaryl/α,β-unsaturated/α-hetero) is 1. The Morgan fingerprint density at radius 1 is 1.12 bits per heavy atom. The van der Waals surface area contributed by atoms with Gasteiger partial charge in [0.15, 0.2) is 0 Å². The Labute approximate surface area is 150 Å². The minimum absolute atomic E-state index is 0.0685. The second-order valence-corrected chi connectivity index (χ2v) is 9.66. The second-order valence-electron chi connectivity index (χ2n) is 9.66. The summed E-state index contributed by atoms with van der Waals surface area (Å²) in [5.74, 6) is 2.12. The number of esters is 1. The van der Waals surface area contributed by atoms with Crippen LogP contribution in [-0.2, 0) is 14.3 Å². The van der Waals surface area contributed by atoms with E-state index in [-0.39, 0.29) is 23.3 Å². The molecule has 4 aliphatic rings. The van der Waals surface area contributed by atoms with Crippen LogP contribution in [0.1, 0.15) is 72.1 Å². The maximum absolute atomic E-state index is 12.5. The highest BCUT2D eigenvalue weighted by Gasteiger charge is 2.63. The van der Waals surface area contributed by atoms with Gasteiger partial charge in [-0.3, -0.25) is 9.59 Å². The fraction of sp³-hybridized carbons (Fsp3) is 0.905. The molecule has 4 fully saturated rings. The van der Waals surface area contributed by atoms with Gasteiger partial charge >= 0.3 is 5.97 Å². The molecule has 25 heavy (non-hydrogen) atoms. The van der Waals surface area contributed by atoms with Crippen LogP contribution in [0.15, 0.2) is 0 Å². The fourth-order valence-electron chi connectivity index (χ4n) is 7.31. The molecule has 4 nitrogen and oxygen atoms in total. The number of carbonyl (C=O) groups excluding carboxylic acids is 2. The molecule has 4 aliphatic carbocycles. The topological polar surface area (TPSA) is 63.6 Å². The molecule has 4 saturated carbocycles. The van der Waals surface area contributed by atoms with E-state index >= 15 is 0 Å². The largest absolute Gasteiger partial charge is 0.463 e. The number of ether oxygens (including phenoxy) is 1. The van der Waals surface area contributed by atoms with E-state index in [4.69, 9.17) is 4.74 Å². The molecule has 0 amide bonds. The molecular weight excluding hydrogens is 316 g/mol. The van der Waals surface area contributed by atoms with Crippen molar-refractivity contribution in [2.24, 2.45) is 34.5 Å². The summed E-state index contributed by atoms with van der Waals surface area (Å²) in [5.41, 5.74) is -0.285. The van der Waals surface area contributed by atoms with Crippen molar-refractivity contribution in [2.45, 2.75) is 84.3 Å². The average molecular weight is 348 g/mol. The Morgan fingerprint density at radius 3 is 2.60 bits per heavy atom. The lowest BCUT2D eigenvalue weighted by Crippen LogP contribution is -2.58. The maximum atomic E-state index is 12.5. The summed E-state index contributed by atoms with van der Waals surface area (Å²) in [6.45, 7) is 5.94. The van der Waals surface area contributed by atoms with E-state index < -0.39 is 11.5 Å². The van der Waals surface area contributed by atoms with E-state index in [0.717, 1.165) is 38.5 Å². The lowest BCUT2D eigenvalue weighted by molar-refractivity contribution is -0.175. The predicted octanol–water partition coefficient (Wildman–Crippen LogP) is 3.50. The van der Waals surface area contributed by atoms with Crippen molar-refractivity contribution in [3.63, 3.8) is 0 Å². The number of aliphatic hydroxyl groups is 1. The number of hydrogen-bond donors (Lipinski definition) is 1. The Hall–Kier alpha value is -0.900. The zero-order chi connectivity index (χ0) is 18.0. The zero-order valence-corrected chi connectivity index (χ0v) is 15.8. The number of fused-ring (bicyclic) bond motifs is 5. The first-order valence-electron chi connectivity index (χ1n) is 10.2. The van der Waals surface area contributed by atoms with Crippen molar-refractivity contribution >= 4 is 11.8 Å². The summed E-state index contributed by atoms with van der Waals surface area (Å²) in [6, 6.07) is 0. The van der Waals surface area contributed by atoms with Gasteiger partial charge in [0.05, 0.1) is 11.5 Å². The van der Waals surface area contributed by atoms with Crippen LogP contribution in [0.5, 0.6) is 0 Å². The summed E-state index contributed by atoms with van der Waals surface area (Å²) in [7, 11) is 0. The number of carbonyl (C=O) groups is 2. The number of aliphatic hydroxyl groups excluding tert-OH is 1. The first-order valence-corrected chi connectivity index (χ1v) is 10.2. The smallest absolute Gasteiger partial charge is 0.302 e. The molecular formula is C21H32O4. The van der Waals surface area contributed by atoms with Crippen LogP contribution in [-0.4, -0.2) is 29.1 Å². The van der Waals surface area contributed by atoms with E-state index in [1.165, 1.54) is 13.3 Å². The summed E-state index contributed by atoms with van der Waals surface area (Å²) in [4.78, 5) is 23.8. The molecule has 0 saturated heterocycles. The molecule has 0 heterocycles. The van der Waals surface area contributed by atoms with Gasteiger partial charge in [-0.15, -0.1) is 0 Å². The molecule has 1 N–H and O–H groups in total. The SMILES string of the molecule is CC(=O)O[C@@H]1CC[C@]2(C)C3CC(O)[C@]4(C)C(=O)CC[C@H]4[C@@H]3CC[C@@H]2C1. The van der Waals surface area contributed by atoms with Gasteiger partial charge in [0.2, 0.25) is 0 Å². The van der Waals surface area contributed by atoms with Crippen LogP contribution in [0.2, 0.25) is 0 Å². The number of rotatable bonds is 1. The molecule has 4 rings (SSSR count). The van der Waals surface area contributed by atoms with Crippen LogP contribution in [0.25, 0.3) is 0 Å². The molecule has 4 heteroatoms. The van der Waals surface area contributed by atoms with Gasteiger partial charge in [0.1, 0.15) is 11.9 Å². The number of ketones is 1. The molecule has 8 atom stereocenters. The average Bonchev–Trinajstić information content (AvgIpc) is 2.86. The Kier molecular flexibility index (Phi) is 4.06. The lowest BCUT2D eigenvalue weighted by Gasteiger charge is -2.61. The molecule has 0 radical (unpaired) electrons. The van der Waals surface area contributed by atoms with Crippen molar-refractivity contribution in [2.75, 3.05) is 0 Å². The first kappa shape index (κ1) is 17.5. The Bertz CT molecular complexity index is 586. The molecule has 0 bridgehead atoms. The number of hydrogen-bond acceptors (Lipinski definition) is 4. The molecule has 0 aliphatic heterocycles. The third kappa shape index (κ3) is 2.43. The monoisotopic (exact) mass is 348 g/mol. The van der Waals surface area contributed by atoms with E-state index in [1.54, 1.807) is 0 Å². The van der Waals surface area contributed by atoms with Gasteiger partial charge in [-0.1, -0.05) is 6.92 Å². The van der Waals surface area contributed by atoms with Crippen molar-refractivity contribution in [1.82, 2.24) is 0 Å². The van der Waals surface area contributed by atoms with Gasteiger partial charge < -0.3 is 9.84 Å². The van der Waals surface area contributed by atoms with E-state index in [1.807, 2.05) is 6.92 Å². The predicted molar refractivity (Wildman–Crippen MR) is 93.7 cm³/mol. The Morgan fingerprint density at radius 2 is 1.88 bits per heavy atom. The summed E-state index contributed by atoms with van der Waals surface area (Å²) >= 11 is 0. The van der Waals surface area contributed by atoms with Crippen molar-refractivity contribution in [3.8, 4) is 0 Å². The lowest BCUT2D eigenvalue weighted by atomic mass is 9.44. The molecule has 0 aromatic carbocycles. The van der Waals surface area contributed by atoms with Gasteiger partial charge in [0.25, 0.3) is 0 Å². The van der Waals surface area contributed by atoms with Crippen molar-refractivity contribution in [1.29, 1.82) is 0 Å². The minimum Gasteiger partial charge on any atom is -0.463 e. The van der Waals surface area contributed by atoms with Crippen LogP contribution >= 0.6 is 0 Å². The van der Waals surface area contributed by atoms with Gasteiger partial charge in [-0.2, -0.15) is 0 Å². The van der Waals surface area contributed by atoms with Gasteiger partial charge in [-0.25, -0.2) is 0 Å². The highest BCUT2D eigenvalue weighted by Crippen LogP contribution is 2.65. The minimum atomic E-state index is -0.501. The van der Waals surface area contributed by atoms with E-state index in [9.17, 15) is 14.7 Å². The third-order valence-corrected chi connectivity index (χ3v) is 8.77. The molecule has 0 spiro atoms. The van der Waals surface area contributed by atoms with Crippen LogP contribution < -0.4 is 0 Å². The van der Waals surface area contributed by atoms with Crippen LogP contribution in [0, 0.1) is 34.5 Å². The summed E-state index contributed by atoms with van der Waals surface area (Å²) in [5, 5.41) is 10.9. The fourth-order valence-corrected chi connectivity index (χ4v) is 7.31. The second kappa shape index (κ2) is 5.80. The standard InChI is InChI=1S/C21H32O4/c1-12(22)25-14-8-9-20(2)13(10-14)4-5-15-16-6-7-18(23)21(16,3)19(24)11-17(15)20/h13-17,19,24H,4-11H2,1-3H3/t13-,14-,15+,16+,17?,19?,20+,21+/m1/s1. The quantitative estimate of drug-likeness (QED) is 0.737. The molecule has 2 unspecified atom stereocenters. The van der Waals surface area contributed by atoms with Crippen molar-refractivity contribution in [3.05, 3.63) is 0 Å². The highest BCUT2D eigenvalue weighted by atomic mass is 16.5. The third-order valence-electron chi connectivity index (χ3n) is 8.77. The molecule has 0 aromatic heterocycles. The normalized spacial score (nSPS) is 52.1. The summed E-state index contributed by atoms with van der Waals surface area (Å²) in [6.07, 6.45) is 7.28. The van der Waals surface area contributed by atoms with Gasteiger partial charge in [0, 0.05) is 13.3 Å². The summed E-state index contributed by atoms with van der Waals surface area (Å²) < 4.78 is 5.51. The van der Waals surface area contributed by atoms with Crippen molar-refractivity contribution < 1.29 is 19.4 Å². The van der Waals surface area contributed by atoms with E-state index in [2.05, 4.69) is 6.92 Å². The van der Waals surface area contributed by atoms with Crippen LogP contribution in [0.3, 0.4) is 0 Å². The molecule has 140 valence electrons. The van der Waals surface area contributed by atoms with Gasteiger partial charge in [-0.05, 0) is 81.0 Å². The highest BCUT2D eigenvalue weighted by molar-refractivity contribution is 5.87. The van der Waals surface area contributed by atoms with E-state index in [0.29, 0.717) is 30.1 Å². The molecule has 0 aromatic rings.